The van der Waals surface area contributed by atoms with E-state index in [0.717, 1.165) is 10.1 Å². The van der Waals surface area contributed by atoms with Gasteiger partial charge in [0.1, 0.15) is 6.54 Å². The highest BCUT2D eigenvalue weighted by Gasteiger charge is 2.17. The fourth-order valence-electron chi connectivity index (χ4n) is 2.86. The van der Waals surface area contributed by atoms with Crippen molar-refractivity contribution in [3.63, 3.8) is 0 Å². The second-order valence-corrected chi connectivity index (χ2v) is 6.59. The molecule has 2 heterocycles. The second kappa shape index (κ2) is 6.62. The topological polar surface area (TPSA) is 90.9 Å². The van der Waals surface area contributed by atoms with Gasteiger partial charge in [0.15, 0.2) is 11.2 Å². The molecular formula is C18H21N5O3. The lowest BCUT2D eigenvalue weighted by Gasteiger charge is -2.11. The van der Waals surface area contributed by atoms with Crippen LogP contribution in [0.2, 0.25) is 0 Å². The summed E-state index contributed by atoms with van der Waals surface area (Å²) in [5.74, 6) is -0.111. The third kappa shape index (κ3) is 3.05. The summed E-state index contributed by atoms with van der Waals surface area (Å²) in [6, 6.07) is 7.50. The highest BCUT2D eigenvalue weighted by atomic mass is 16.2. The van der Waals surface area contributed by atoms with Crippen LogP contribution >= 0.6 is 0 Å². The van der Waals surface area contributed by atoms with Gasteiger partial charge in [-0.1, -0.05) is 26.0 Å². The van der Waals surface area contributed by atoms with E-state index in [1.807, 2.05) is 18.2 Å². The number of hydrogen-bond acceptors (Lipinski definition) is 4. The van der Waals surface area contributed by atoms with Crippen LogP contribution in [-0.2, 0) is 25.4 Å². The van der Waals surface area contributed by atoms with E-state index in [2.05, 4.69) is 24.1 Å². The predicted molar refractivity (Wildman–Crippen MR) is 99.4 cm³/mol. The van der Waals surface area contributed by atoms with E-state index in [1.54, 1.807) is 13.1 Å². The Morgan fingerprint density at radius 1 is 1.23 bits per heavy atom. The molecule has 26 heavy (non-hydrogen) atoms. The monoisotopic (exact) mass is 355 g/mol. The van der Waals surface area contributed by atoms with Crippen LogP contribution in [0.5, 0.6) is 0 Å². The number of imidazole rings is 1. The maximum Gasteiger partial charge on any atom is 0.332 e. The van der Waals surface area contributed by atoms with Gasteiger partial charge in [0.2, 0.25) is 5.91 Å². The van der Waals surface area contributed by atoms with Crippen LogP contribution in [0.15, 0.2) is 40.2 Å². The Bertz CT molecular complexity index is 1100. The van der Waals surface area contributed by atoms with Crippen LogP contribution in [0.25, 0.3) is 11.2 Å². The minimum atomic E-state index is -0.577. The van der Waals surface area contributed by atoms with Crippen LogP contribution < -0.4 is 16.6 Å². The van der Waals surface area contributed by atoms with Crippen molar-refractivity contribution in [2.75, 3.05) is 5.32 Å². The molecule has 2 aromatic heterocycles. The number of rotatable bonds is 4. The van der Waals surface area contributed by atoms with Gasteiger partial charge in [-0.05, 0) is 23.6 Å². The summed E-state index contributed by atoms with van der Waals surface area (Å²) in [6.07, 6.45) is 1.47. The van der Waals surface area contributed by atoms with Gasteiger partial charge in [0.05, 0.1) is 6.33 Å². The number of amides is 1. The molecule has 136 valence electrons. The fourth-order valence-corrected chi connectivity index (χ4v) is 2.86. The molecular weight excluding hydrogens is 334 g/mol. The first-order chi connectivity index (χ1) is 12.3. The van der Waals surface area contributed by atoms with Gasteiger partial charge in [-0.3, -0.25) is 14.2 Å². The number of benzene rings is 1. The van der Waals surface area contributed by atoms with E-state index < -0.39 is 17.2 Å². The van der Waals surface area contributed by atoms with Gasteiger partial charge < -0.3 is 9.88 Å². The Morgan fingerprint density at radius 2 is 1.96 bits per heavy atom. The SMILES string of the molecule is CC(C)c1cccc(NC(=O)Cn2c(=O)c3c(ncn3C)n(C)c2=O)c1. The van der Waals surface area contributed by atoms with Crippen molar-refractivity contribution in [3.05, 3.63) is 57.0 Å². The van der Waals surface area contributed by atoms with Crippen LogP contribution in [0.1, 0.15) is 25.3 Å². The van der Waals surface area contributed by atoms with Crippen LogP contribution in [-0.4, -0.2) is 24.6 Å². The van der Waals surface area contributed by atoms with Gasteiger partial charge in [-0.25, -0.2) is 14.3 Å². The van der Waals surface area contributed by atoms with Crippen molar-refractivity contribution < 1.29 is 4.79 Å². The fraction of sp³-hybridized carbons (Fsp3) is 0.333. The van der Waals surface area contributed by atoms with Crippen molar-refractivity contribution >= 4 is 22.8 Å². The van der Waals surface area contributed by atoms with Crippen LogP contribution in [0.3, 0.4) is 0 Å². The number of aryl methyl sites for hydroxylation is 2. The first-order valence-corrected chi connectivity index (χ1v) is 8.30. The minimum Gasteiger partial charge on any atom is -0.328 e. The zero-order valence-electron chi connectivity index (χ0n) is 15.2. The average molecular weight is 355 g/mol. The molecule has 0 saturated heterocycles. The number of anilines is 1. The molecule has 0 aliphatic heterocycles. The lowest BCUT2D eigenvalue weighted by Crippen LogP contribution is -2.42. The molecule has 1 N–H and O–H groups in total. The zero-order chi connectivity index (χ0) is 19.0. The van der Waals surface area contributed by atoms with Gasteiger partial charge in [-0.2, -0.15) is 0 Å². The quantitative estimate of drug-likeness (QED) is 0.761. The van der Waals surface area contributed by atoms with E-state index in [4.69, 9.17) is 0 Å². The van der Waals surface area contributed by atoms with Crippen molar-refractivity contribution in [2.45, 2.75) is 26.3 Å². The Labute approximate surface area is 149 Å². The maximum absolute atomic E-state index is 12.6. The first kappa shape index (κ1) is 17.7. The third-order valence-electron chi connectivity index (χ3n) is 4.34. The van der Waals surface area contributed by atoms with Gasteiger partial charge in [0, 0.05) is 19.8 Å². The Balaban J connectivity index is 1.93. The summed E-state index contributed by atoms with van der Waals surface area (Å²) in [4.78, 5) is 41.5. The Hall–Kier alpha value is -3.16. The standard InChI is InChI=1S/C18H21N5O3/c1-11(2)12-6-5-7-13(8-12)20-14(24)9-23-17(25)15-16(19-10-21(15)3)22(4)18(23)26/h5-8,10-11H,9H2,1-4H3,(H,20,24). The molecule has 3 aromatic rings. The van der Waals surface area contributed by atoms with E-state index in [-0.39, 0.29) is 12.1 Å². The predicted octanol–water partition coefficient (Wildman–Crippen LogP) is 1.20. The molecule has 1 aromatic carbocycles. The van der Waals surface area contributed by atoms with E-state index in [1.165, 1.54) is 22.5 Å². The number of nitrogens with one attached hydrogen (secondary N) is 1. The molecule has 8 heteroatoms. The molecule has 0 saturated carbocycles. The Morgan fingerprint density at radius 3 is 2.65 bits per heavy atom. The van der Waals surface area contributed by atoms with E-state index in [9.17, 15) is 14.4 Å². The minimum absolute atomic E-state index is 0.279. The lowest BCUT2D eigenvalue weighted by atomic mass is 10.0. The highest BCUT2D eigenvalue weighted by molar-refractivity contribution is 5.90. The average Bonchev–Trinajstić information content (AvgIpc) is 2.99. The molecule has 0 spiro atoms. The third-order valence-corrected chi connectivity index (χ3v) is 4.34. The highest BCUT2D eigenvalue weighted by Crippen LogP contribution is 2.18. The molecule has 0 unspecified atom stereocenters. The molecule has 0 radical (unpaired) electrons. The van der Waals surface area contributed by atoms with Crippen molar-refractivity contribution in [3.8, 4) is 0 Å². The van der Waals surface area contributed by atoms with Crippen molar-refractivity contribution in [2.24, 2.45) is 14.1 Å². The number of carbonyl (C=O) groups is 1. The second-order valence-electron chi connectivity index (χ2n) is 6.59. The number of carbonyl (C=O) groups excluding carboxylic acids is 1. The smallest absolute Gasteiger partial charge is 0.328 e. The normalized spacial score (nSPS) is 11.3. The number of aromatic nitrogens is 4. The van der Waals surface area contributed by atoms with Crippen molar-refractivity contribution in [1.82, 2.24) is 18.7 Å². The molecule has 0 aliphatic rings. The van der Waals surface area contributed by atoms with E-state index >= 15 is 0 Å². The summed E-state index contributed by atoms with van der Waals surface area (Å²) < 4.78 is 3.73. The molecule has 8 nitrogen and oxygen atoms in total. The molecule has 3 rings (SSSR count). The number of hydrogen-bond donors (Lipinski definition) is 1. The number of fused-ring (bicyclic) bond motifs is 1. The molecule has 0 fully saturated rings. The molecule has 0 bridgehead atoms. The van der Waals surface area contributed by atoms with Gasteiger partial charge >= 0.3 is 5.69 Å². The summed E-state index contributed by atoms with van der Waals surface area (Å²) in [5, 5.41) is 2.75. The molecule has 0 aliphatic carbocycles. The van der Waals surface area contributed by atoms with Crippen LogP contribution in [0, 0.1) is 0 Å². The van der Waals surface area contributed by atoms with Crippen molar-refractivity contribution in [1.29, 1.82) is 0 Å². The molecule has 0 atom stereocenters. The number of nitrogens with zero attached hydrogens (tertiary/aromatic N) is 4. The summed E-state index contributed by atoms with van der Waals surface area (Å²) in [6.45, 7) is 3.76. The molecule has 1 amide bonds. The largest absolute Gasteiger partial charge is 0.332 e. The van der Waals surface area contributed by atoms with Crippen LogP contribution in [0.4, 0.5) is 5.69 Å². The Kier molecular flexibility index (Phi) is 4.50. The summed E-state index contributed by atoms with van der Waals surface area (Å²) in [7, 11) is 3.20. The summed E-state index contributed by atoms with van der Waals surface area (Å²) in [5.41, 5.74) is 1.19. The zero-order valence-corrected chi connectivity index (χ0v) is 15.2. The summed E-state index contributed by atoms with van der Waals surface area (Å²) >= 11 is 0. The first-order valence-electron chi connectivity index (χ1n) is 8.30. The van der Waals surface area contributed by atoms with E-state index in [0.29, 0.717) is 17.3 Å². The lowest BCUT2D eigenvalue weighted by molar-refractivity contribution is -0.116. The van der Waals surface area contributed by atoms with Gasteiger partial charge in [-0.15, -0.1) is 0 Å². The maximum atomic E-state index is 12.6. The van der Waals surface area contributed by atoms with Gasteiger partial charge in [0.25, 0.3) is 5.56 Å².